The van der Waals surface area contributed by atoms with E-state index in [2.05, 4.69) is 5.32 Å². The maximum absolute atomic E-state index is 13.1. The minimum absolute atomic E-state index is 0.356. The molecule has 0 amide bonds. The number of nitrogens with one attached hydrogen (secondary N) is 1. The number of cyclic esters (lactones) is 1. The van der Waals surface area contributed by atoms with E-state index in [0.29, 0.717) is 19.8 Å². The zero-order valence-corrected chi connectivity index (χ0v) is 18.1. The summed E-state index contributed by atoms with van der Waals surface area (Å²) in [5.41, 5.74) is 2.03. The first-order chi connectivity index (χ1) is 14.4. The molecule has 0 radical (unpaired) electrons. The maximum Gasteiger partial charge on any atom is 0.340 e. The molecular weight excluding hydrogens is 382 g/mol. The fourth-order valence-electron chi connectivity index (χ4n) is 3.70. The molecule has 0 aliphatic carbocycles. The number of rotatable bonds is 9. The Hall–Kier alpha value is -2.25. The fraction of sp³-hybridized carbons (Fsp3) is 0.458. The summed E-state index contributed by atoms with van der Waals surface area (Å²) in [6.07, 6.45) is -0.902. The summed E-state index contributed by atoms with van der Waals surface area (Å²) in [6.45, 7) is 8.45. The third-order valence-electron chi connectivity index (χ3n) is 5.37. The number of benzene rings is 2. The number of carbonyl (C=O) groups is 1. The molecule has 30 heavy (non-hydrogen) atoms. The van der Waals surface area contributed by atoms with Crippen LogP contribution in [0.15, 0.2) is 60.7 Å². The van der Waals surface area contributed by atoms with Crippen molar-refractivity contribution in [2.75, 3.05) is 13.2 Å². The van der Waals surface area contributed by atoms with E-state index in [1.165, 1.54) is 0 Å². The van der Waals surface area contributed by atoms with Crippen molar-refractivity contribution < 1.29 is 23.7 Å². The van der Waals surface area contributed by atoms with Gasteiger partial charge in [0.25, 0.3) is 5.79 Å². The molecule has 0 aromatic heterocycles. The van der Waals surface area contributed by atoms with Crippen LogP contribution in [0.2, 0.25) is 0 Å². The lowest BCUT2D eigenvalue weighted by molar-refractivity contribution is -0.416. The summed E-state index contributed by atoms with van der Waals surface area (Å²) in [4.78, 5) is 13.1. The van der Waals surface area contributed by atoms with E-state index in [4.69, 9.17) is 18.9 Å². The van der Waals surface area contributed by atoms with Crippen molar-refractivity contribution in [1.82, 2.24) is 5.32 Å². The molecule has 6 nitrogen and oxygen atoms in total. The van der Waals surface area contributed by atoms with Crippen molar-refractivity contribution in [2.45, 2.75) is 58.0 Å². The molecule has 0 unspecified atom stereocenters. The average molecular weight is 414 g/mol. The molecule has 1 aliphatic rings. The Labute approximate surface area is 178 Å². The van der Waals surface area contributed by atoms with E-state index in [1.807, 2.05) is 74.5 Å². The van der Waals surface area contributed by atoms with Crippen LogP contribution in [0.1, 0.15) is 44.9 Å². The number of carbonyl (C=O) groups excluding carboxylic acids is 1. The highest BCUT2D eigenvalue weighted by Crippen LogP contribution is 2.41. The Morgan fingerprint density at radius 3 is 2.10 bits per heavy atom. The first-order valence-electron chi connectivity index (χ1n) is 10.4. The van der Waals surface area contributed by atoms with E-state index in [0.717, 1.165) is 11.1 Å². The standard InChI is InChI=1S/C24H31NO5/c1-5-27-23(3)24(4,28-6-2)30-22(26)21(29-23)20(19-15-11-8-12-16-19)25-17-18-13-9-7-10-14-18/h7-16,20-21,25H,5-6,17H2,1-4H3/t20-,21+,23-,24-/m0/s1. The quantitative estimate of drug-likeness (QED) is 0.628. The number of hydrogen-bond donors (Lipinski definition) is 1. The third kappa shape index (κ3) is 4.73. The molecule has 0 bridgehead atoms. The van der Waals surface area contributed by atoms with Crippen LogP contribution in [-0.4, -0.2) is 36.9 Å². The highest BCUT2D eigenvalue weighted by atomic mass is 16.8. The topological polar surface area (TPSA) is 66.0 Å². The van der Waals surface area contributed by atoms with Gasteiger partial charge in [-0.05, 0) is 31.9 Å². The lowest BCUT2D eigenvalue weighted by Crippen LogP contribution is -2.66. The van der Waals surface area contributed by atoms with Crippen molar-refractivity contribution >= 4 is 5.97 Å². The molecule has 0 spiro atoms. The van der Waals surface area contributed by atoms with Crippen LogP contribution in [0.4, 0.5) is 0 Å². The zero-order valence-electron chi connectivity index (χ0n) is 18.1. The Bertz CT molecular complexity index is 815. The molecule has 1 saturated heterocycles. The second kappa shape index (κ2) is 9.71. The molecule has 1 N–H and O–H groups in total. The molecule has 4 atom stereocenters. The monoisotopic (exact) mass is 413 g/mol. The Kier molecular flexibility index (Phi) is 7.26. The molecule has 2 aromatic carbocycles. The summed E-state index contributed by atoms with van der Waals surface area (Å²) in [5.74, 6) is -3.08. The first-order valence-corrected chi connectivity index (χ1v) is 10.4. The molecule has 6 heteroatoms. The second-order valence-corrected chi connectivity index (χ2v) is 7.47. The van der Waals surface area contributed by atoms with Crippen molar-refractivity contribution in [1.29, 1.82) is 0 Å². The van der Waals surface area contributed by atoms with Crippen molar-refractivity contribution in [2.24, 2.45) is 0 Å². The molecule has 0 saturated carbocycles. The van der Waals surface area contributed by atoms with Gasteiger partial charge in [0.15, 0.2) is 6.10 Å². The maximum atomic E-state index is 13.1. The summed E-state index contributed by atoms with van der Waals surface area (Å²) in [6, 6.07) is 19.3. The predicted octanol–water partition coefficient (Wildman–Crippen LogP) is 3.96. The van der Waals surface area contributed by atoms with Gasteiger partial charge in [0, 0.05) is 26.7 Å². The van der Waals surface area contributed by atoms with E-state index in [9.17, 15) is 4.79 Å². The first kappa shape index (κ1) is 22.4. The van der Waals surface area contributed by atoms with Crippen LogP contribution in [0.3, 0.4) is 0 Å². The minimum atomic E-state index is -1.34. The van der Waals surface area contributed by atoms with E-state index < -0.39 is 29.7 Å². The highest BCUT2D eigenvalue weighted by molar-refractivity contribution is 5.77. The summed E-state index contributed by atoms with van der Waals surface area (Å²) < 4.78 is 23.8. The third-order valence-corrected chi connectivity index (χ3v) is 5.37. The lowest BCUT2D eigenvalue weighted by atomic mass is 9.97. The predicted molar refractivity (Wildman–Crippen MR) is 113 cm³/mol. The van der Waals surface area contributed by atoms with Gasteiger partial charge in [-0.25, -0.2) is 4.79 Å². The van der Waals surface area contributed by atoms with Gasteiger partial charge in [0.2, 0.25) is 5.79 Å². The van der Waals surface area contributed by atoms with Crippen LogP contribution in [0.5, 0.6) is 0 Å². The molecule has 1 aliphatic heterocycles. The van der Waals surface area contributed by atoms with Crippen LogP contribution in [0.25, 0.3) is 0 Å². The Balaban J connectivity index is 1.91. The smallest absolute Gasteiger partial charge is 0.340 e. The lowest BCUT2D eigenvalue weighted by Gasteiger charge is -2.50. The second-order valence-electron chi connectivity index (χ2n) is 7.47. The van der Waals surface area contributed by atoms with E-state index in [1.54, 1.807) is 13.8 Å². The van der Waals surface area contributed by atoms with Crippen LogP contribution in [0, 0.1) is 0 Å². The van der Waals surface area contributed by atoms with Gasteiger partial charge in [0.05, 0.1) is 6.04 Å². The van der Waals surface area contributed by atoms with Crippen LogP contribution >= 0.6 is 0 Å². The molecular formula is C24H31NO5. The SMILES string of the molecule is CCO[C@@]1(C)OC(=O)[C@@H]([C@@H](NCc2ccccc2)c2ccccc2)O[C@]1(C)OCC. The van der Waals surface area contributed by atoms with Gasteiger partial charge < -0.3 is 24.3 Å². The minimum Gasteiger partial charge on any atom is -0.425 e. The summed E-state index contributed by atoms with van der Waals surface area (Å²) >= 11 is 0. The highest BCUT2D eigenvalue weighted by Gasteiger charge is 2.59. The van der Waals surface area contributed by atoms with Gasteiger partial charge in [0.1, 0.15) is 0 Å². The molecule has 2 aromatic rings. The van der Waals surface area contributed by atoms with Crippen molar-refractivity contribution in [3.8, 4) is 0 Å². The molecule has 1 heterocycles. The largest absolute Gasteiger partial charge is 0.425 e. The number of hydrogen-bond acceptors (Lipinski definition) is 6. The van der Waals surface area contributed by atoms with E-state index in [-0.39, 0.29) is 0 Å². The van der Waals surface area contributed by atoms with Crippen LogP contribution in [-0.2, 0) is 30.3 Å². The average Bonchev–Trinajstić information content (AvgIpc) is 2.74. The molecule has 162 valence electrons. The van der Waals surface area contributed by atoms with Gasteiger partial charge in [-0.2, -0.15) is 0 Å². The Morgan fingerprint density at radius 1 is 0.933 bits per heavy atom. The summed E-state index contributed by atoms with van der Waals surface area (Å²) in [5, 5.41) is 3.47. The van der Waals surface area contributed by atoms with E-state index >= 15 is 0 Å². The summed E-state index contributed by atoms with van der Waals surface area (Å²) in [7, 11) is 0. The van der Waals surface area contributed by atoms with Crippen molar-refractivity contribution in [3.63, 3.8) is 0 Å². The number of ether oxygens (including phenoxy) is 4. The van der Waals surface area contributed by atoms with Gasteiger partial charge in [-0.3, -0.25) is 0 Å². The van der Waals surface area contributed by atoms with Gasteiger partial charge in [-0.15, -0.1) is 0 Å². The van der Waals surface area contributed by atoms with Gasteiger partial charge >= 0.3 is 5.97 Å². The molecule has 1 fully saturated rings. The number of esters is 1. The molecule has 3 rings (SSSR count). The van der Waals surface area contributed by atoms with Gasteiger partial charge in [-0.1, -0.05) is 60.7 Å². The zero-order chi connectivity index (χ0) is 21.6. The fourth-order valence-corrected chi connectivity index (χ4v) is 3.70. The normalized spacial score (nSPS) is 27.5. The van der Waals surface area contributed by atoms with Crippen molar-refractivity contribution in [3.05, 3.63) is 71.8 Å². The van der Waals surface area contributed by atoms with Crippen LogP contribution < -0.4 is 5.32 Å². The Morgan fingerprint density at radius 2 is 1.50 bits per heavy atom.